The first-order valence-electron chi connectivity index (χ1n) is 6.75. The SMILES string of the molecule is CCc1nn(CC)c(CN(CC)CCCO)c1Cl. The number of aliphatic hydroxyl groups excluding tert-OH is 1. The molecule has 1 rings (SSSR count). The summed E-state index contributed by atoms with van der Waals surface area (Å²) in [5.41, 5.74) is 2.07. The largest absolute Gasteiger partial charge is 0.396 e. The number of halogens is 1. The number of aliphatic hydroxyl groups is 1. The predicted molar refractivity (Wildman–Crippen MR) is 74.9 cm³/mol. The van der Waals surface area contributed by atoms with E-state index in [0.29, 0.717) is 0 Å². The lowest BCUT2D eigenvalue weighted by Gasteiger charge is -2.20. The van der Waals surface area contributed by atoms with Gasteiger partial charge in [-0.05, 0) is 26.3 Å². The number of rotatable bonds is 8. The van der Waals surface area contributed by atoms with Crippen LogP contribution in [0, 0.1) is 0 Å². The van der Waals surface area contributed by atoms with Crippen molar-refractivity contribution in [1.29, 1.82) is 0 Å². The van der Waals surface area contributed by atoms with E-state index in [1.807, 2.05) is 4.68 Å². The highest BCUT2D eigenvalue weighted by molar-refractivity contribution is 6.31. The van der Waals surface area contributed by atoms with Crippen LogP contribution in [0.4, 0.5) is 0 Å². The lowest BCUT2D eigenvalue weighted by atomic mass is 10.2. The van der Waals surface area contributed by atoms with E-state index >= 15 is 0 Å². The van der Waals surface area contributed by atoms with Crippen molar-refractivity contribution in [1.82, 2.24) is 14.7 Å². The molecule has 0 amide bonds. The van der Waals surface area contributed by atoms with Gasteiger partial charge in [0.05, 0.1) is 16.4 Å². The fourth-order valence-corrected chi connectivity index (χ4v) is 2.35. The Morgan fingerprint density at radius 3 is 2.56 bits per heavy atom. The van der Waals surface area contributed by atoms with Gasteiger partial charge in [0.15, 0.2) is 0 Å². The molecule has 0 radical (unpaired) electrons. The van der Waals surface area contributed by atoms with Crippen molar-refractivity contribution >= 4 is 11.6 Å². The van der Waals surface area contributed by atoms with Crippen LogP contribution in [0.2, 0.25) is 5.02 Å². The summed E-state index contributed by atoms with van der Waals surface area (Å²) >= 11 is 6.38. The first-order valence-corrected chi connectivity index (χ1v) is 7.12. The van der Waals surface area contributed by atoms with E-state index in [-0.39, 0.29) is 6.61 Å². The van der Waals surface area contributed by atoms with Crippen molar-refractivity contribution in [3.63, 3.8) is 0 Å². The summed E-state index contributed by atoms with van der Waals surface area (Å²) in [6.07, 6.45) is 1.66. The number of aryl methyl sites for hydroxylation is 2. The molecule has 1 aromatic rings. The molecule has 0 saturated heterocycles. The van der Waals surface area contributed by atoms with Crippen LogP contribution in [-0.2, 0) is 19.5 Å². The summed E-state index contributed by atoms with van der Waals surface area (Å²) in [5, 5.41) is 14.2. The van der Waals surface area contributed by atoms with Gasteiger partial charge in [-0.15, -0.1) is 0 Å². The van der Waals surface area contributed by atoms with Gasteiger partial charge in [0, 0.05) is 26.2 Å². The summed E-state index contributed by atoms with van der Waals surface area (Å²) < 4.78 is 1.99. The smallest absolute Gasteiger partial charge is 0.0863 e. The topological polar surface area (TPSA) is 41.3 Å². The molecule has 0 spiro atoms. The van der Waals surface area contributed by atoms with Gasteiger partial charge < -0.3 is 5.11 Å². The van der Waals surface area contributed by atoms with Gasteiger partial charge in [-0.3, -0.25) is 9.58 Å². The van der Waals surface area contributed by atoms with Gasteiger partial charge in [0.2, 0.25) is 0 Å². The summed E-state index contributed by atoms with van der Waals surface area (Å²) in [6, 6.07) is 0. The van der Waals surface area contributed by atoms with E-state index in [4.69, 9.17) is 16.7 Å². The Kier molecular flexibility index (Phi) is 6.68. The number of aromatic nitrogens is 2. The standard InChI is InChI=1S/C13H24ClN3O/c1-4-11-13(14)12(17(6-3)15-11)10-16(5-2)8-7-9-18/h18H,4-10H2,1-3H3. The minimum Gasteiger partial charge on any atom is -0.396 e. The van der Waals surface area contributed by atoms with Gasteiger partial charge in [-0.1, -0.05) is 25.4 Å². The Morgan fingerprint density at radius 2 is 2.06 bits per heavy atom. The van der Waals surface area contributed by atoms with Gasteiger partial charge >= 0.3 is 0 Å². The fourth-order valence-electron chi connectivity index (χ4n) is 2.02. The van der Waals surface area contributed by atoms with Gasteiger partial charge in [0.25, 0.3) is 0 Å². The molecule has 1 N–H and O–H groups in total. The second-order valence-corrected chi connectivity index (χ2v) is 4.70. The summed E-state index contributed by atoms with van der Waals surface area (Å²) in [7, 11) is 0. The Hall–Kier alpha value is -0.580. The van der Waals surface area contributed by atoms with Crippen molar-refractivity contribution in [2.45, 2.75) is 46.7 Å². The number of nitrogens with zero attached hydrogens (tertiary/aromatic N) is 3. The molecule has 0 unspecified atom stereocenters. The van der Waals surface area contributed by atoms with Crippen LogP contribution < -0.4 is 0 Å². The Morgan fingerprint density at radius 1 is 1.33 bits per heavy atom. The minimum atomic E-state index is 0.234. The normalized spacial score (nSPS) is 11.4. The maximum absolute atomic E-state index is 8.90. The van der Waals surface area contributed by atoms with Crippen LogP contribution in [0.25, 0.3) is 0 Å². The molecule has 0 aromatic carbocycles. The highest BCUT2D eigenvalue weighted by Gasteiger charge is 2.16. The molecule has 5 heteroatoms. The minimum absolute atomic E-state index is 0.234. The zero-order chi connectivity index (χ0) is 13.5. The molecule has 18 heavy (non-hydrogen) atoms. The molecule has 0 aliphatic rings. The average Bonchev–Trinajstić information content (AvgIpc) is 2.70. The molecule has 0 aliphatic carbocycles. The number of hydrogen-bond donors (Lipinski definition) is 1. The van der Waals surface area contributed by atoms with Crippen LogP contribution in [0.1, 0.15) is 38.6 Å². The quantitative estimate of drug-likeness (QED) is 0.790. The van der Waals surface area contributed by atoms with Crippen molar-refractivity contribution < 1.29 is 5.11 Å². The Bertz CT molecular complexity index is 365. The van der Waals surface area contributed by atoms with Crippen molar-refractivity contribution in [3.8, 4) is 0 Å². The van der Waals surface area contributed by atoms with Crippen LogP contribution in [0.3, 0.4) is 0 Å². The van der Waals surface area contributed by atoms with E-state index in [9.17, 15) is 0 Å². The molecule has 0 aliphatic heterocycles. The molecule has 0 fully saturated rings. The van der Waals surface area contributed by atoms with E-state index < -0.39 is 0 Å². The summed E-state index contributed by atoms with van der Waals surface area (Å²) in [5.74, 6) is 0. The molecular formula is C13H24ClN3O. The predicted octanol–water partition coefficient (Wildman–Crippen LogP) is 2.32. The molecule has 1 aromatic heterocycles. The van der Waals surface area contributed by atoms with Crippen LogP contribution in [0.15, 0.2) is 0 Å². The zero-order valence-corrected chi connectivity index (χ0v) is 12.4. The second kappa shape index (κ2) is 7.77. The Balaban J connectivity index is 2.83. The zero-order valence-electron chi connectivity index (χ0n) is 11.6. The Labute approximate surface area is 115 Å². The van der Waals surface area contributed by atoms with Gasteiger partial charge in [-0.2, -0.15) is 5.10 Å². The van der Waals surface area contributed by atoms with E-state index in [2.05, 4.69) is 30.8 Å². The third kappa shape index (κ3) is 3.70. The van der Waals surface area contributed by atoms with Crippen LogP contribution >= 0.6 is 11.6 Å². The van der Waals surface area contributed by atoms with Gasteiger partial charge in [-0.25, -0.2) is 0 Å². The van der Waals surface area contributed by atoms with Crippen molar-refractivity contribution in [2.24, 2.45) is 0 Å². The van der Waals surface area contributed by atoms with Crippen LogP contribution in [-0.4, -0.2) is 39.5 Å². The highest BCUT2D eigenvalue weighted by Crippen LogP contribution is 2.23. The maximum Gasteiger partial charge on any atom is 0.0863 e. The van der Waals surface area contributed by atoms with E-state index in [0.717, 1.165) is 55.4 Å². The molecule has 1 heterocycles. The molecule has 0 bridgehead atoms. The molecule has 0 atom stereocenters. The number of hydrogen-bond acceptors (Lipinski definition) is 3. The second-order valence-electron chi connectivity index (χ2n) is 4.32. The van der Waals surface area contributed by atoms with Crippen LogP contribution in [0.5, 0.6) is 0 Å². The third-order valence-corrected chi connectivity index (χ3v) is 3.58. The highest BCUT2D eigenvalue weighted by atomic mass is 35.5. The first kappa shape index (κ1) is 15.5. The van der Waals surface area contributed by atoms with Gasteiger partial charge in [0.1, 0.15) is 0 Å². The molecular weight excluding hydrogens is 250 g/mol. The lowest BCUT2D eigenvalue weighted by molar-refractivity contribution is 0.221. The lowest BCUT2D eigenvalue weighted by Crippen LogP contribution is -2.26. The van der Waals surface area contributed by atoms with Crippen molar-refractivity contribution in [3.05, 3.63) is 16.4 Å². The van der Waals surface area contributed by atoms with Crippen molar-refractivity contribution in [2.75, 3.05) is 19.7 Å². The molecule has 0 saturated carbocycles. The third-order valence-electron chi connectivity index (χ3n) is 3.15. The monoisotopic (exact) mass is 273 g/mol. The van der Waals surface area contributed by atoms with E-state index in [1.54, 1.807) is 0 Å². The molecule has 4 nitrogen and oxygen atoms in total. The summed E-state index contributed by atoms with van der Waals surface area (Å²) in [4.78, 5) is 2.28. The van der Waals surface area contributed by atoms with E-state index in [1.165, 1.54) is 0 Å². The summed E-state index contributed by atoms with van der Waals surface area (Å²) in [6.45, 7) is 9.99. The maximum atomic E-state index is 8.90. The first-order chi connectivity index (χ1) is 8.67. The average molecular weight is 274 g/mol. The fraction of sp³-hybridized carbons (Fsp3) is 0.769. The molecule has 104 valence electrons.